The Morgan fingerprint density at radius 2 is 2.36 bits per heavy atom. The number of hydrogen-bond donors (Lipinski definition) is 1. The molecule has 1 aliphatic rings. The van der Waals surface area contributed by atoms with Crippen molar-refractivity contribution in [1.82, 2.24) is 9.88 Å². The molecule has 1 unspecified atom stereocenters. The van der Waals surface area contributed by atoms with Crippen LogP contribution in [-0.4, -0.2) is 22.5 Å². The first-order valence-electron chi connectivity index (χ1n) is 7.25. The Hall–Kier alpha value is -2.39. The number of urea groups is 1. The molecule has 1 N–H and O–H groups in total. The minimum atomic E-state index is -0.130. The summed E-state index contributed by atoms with van der Waals surface area (Å²) in [4.78, 5) is 18.8. The van der Waals surface area contributed by atoms with Crippen molar-refractivity contribution in [3.05, 3.63) is 46.4 Å². The van der Waals surface area contributed by atoms with Crippen LogP contribution >= 0.6 is 11.3 Å². The minimum Gasteiger partial charge on any atom is -0.315 e. The van der Waals surface area contributed by atoms with Crippen molar-refractivity contribution < 1.29 is 4.79 Å². The second-order valence-corrected chi connectivity index (χ2v) is 6.12. The van der Waals surface area contributed by atoms with Gasteiger partial charge in [-0.15, -0.1) is 11.3 Å². The number of rotatable bonds is 2. The molecule has 22 heavy (non-hydrogen) atoms. The second kappa shape index (κ2) is 6.58. The van der Waals surface area contributed by atoms with Crippen LogP contribution in [-0.2, 0) is 0 Å². The summed E-state index contributed by atoms with van der Waals surface area (Å²) in [5, 5.41) is 14.8. The lowest BCUT2D eigenvalue weighted by atomic mass is 10.0. The first kappa shape index (κ1) is 14.5. The van der Waals surface area contributed by atoms with Crippen molar-refractivity contribution in [3.8, 4) is 6.07 Å². The molecular formula is C16H16N4OS. The number of carbonyl (C=O) groups excluding carboxylic acids is 1. The zero-order valence-electron chi connectivity index (χ0n) is 12.0. The van der Waals surface area contributed by atoms with Gasteiger partial charge in [0.15, 0.2) is 0 Å². The maximum absolute atomic E-state index is 12.6. The summed E-state index contributed by atoms with van der Waals surface area (Å²) in [6.07, 6.45) is 4.84. The zero-order chi connectivity index (χ0) is 15.4. The Morgan fingerprint density at radius 3 is 3.14 bits per heavy atom. The lowest BCUT2D eigenvalue weighted by Crippen LogP contribution is -2.41. The second-order valence-electron chi connectivity index (χ2n) is 5.20. The molecule has 5 nitrogen and oxygen atoms in total. The number of thiazole rings is 1. The van der Waals surface area contributed by atoms with E-state index in [1.165, 1.54) is 0 Å². The van der Waals surface area contributed by atoms with Crippen LogP contribution in [0.5, 0.6) is 0 Å². The van der Waals surface area contributed by atoms with E-state index in [1.807, 2.05) is 10.3 Å². The Labute approximate surface area is 133 Å². The Kier molecular flexibility index (Phi) is 4.35. The van der Waals surface area contributed by atoms with Gasteiger partial charge in [-0.2, -0.15) is 5.26 Å². The van der Waals surface area contributed by atoms with Crippen molar-refractivity contribution in [2.75, 3.05) is 11.9 Å². The lowest BCUT2D eigenvalue weighted by Gasteiger charge is -2.34. The van der Waals surface area contributed by atoms with E-state index in [9.17, 15) is 4.79 Å². The van der Waals surface area contributed by atoms with Gasteiger partial charge in [0, 0.05) is 23.8 Å². The Morgan fingerprint density at radius 1 is 1.45 bits per heavy atom. The molecule has 0 bridgehead atoms. The highest BCUT2D eigenvalue weighted by atomic mass is 32.1. The molecule has 112 valence electrons. The fourth-order valence-corrected chi connectivity index (χ4v) is 3.48. The number of nitrogens with one attached hydrogen (secondary N) is 1. The van der Waals surface area contributed by atoms with Gasteiger partial charge < -0.3 is 10.2 Å². The summed E-state index contributed by atoms with van der Waals surface area (Å²) in [5.41, 5.74) is 1.18. The van der Waals surface area contributed by atoms with Gasteiger partial charge in [0.1, 0.15) is 5.01 Å². The maximum atomic E-state index is 12.6. The third-order valence-electron chi connectivity index (χ3n) is 3.74. The molecule has 1 aromatic heterocycles. The van der Waals surface area contributed by atoms with Gasteiger partial charge in [-0.1, -0.05) is 6.07 Å². The molecule has 0 radical (unpaired) electrons. The first-order valence-corrected chi connectivity index (χ1v) is 8.13. The van der Waals surface area contributed by atoms with Crippen molar-refractivity contribution in [2.45, 2.75) is 25.3 Å². The molecule has 2 amide bonds. The number of benzene rings is 1. The molecule has 1 atom stereocenters. The molecule has 0 saturated carbocycles. The number of piperidine rings is 1. The predicted octanol–water partition coefficient (Wildman–Crippen LogP) is 3.77. The van der Waals surface area contributed by atoms with Gasteiger partial charge in [0.2, 0.25) is 0 Å². The van der Waals surface area contributed by atoms with E-state index < -0.39 is 0 Å². The summed E-state index contributed by atoms with van der Waals surface area (Å²) in [5.74, 6) is 0. The SMILES string of the molecule is N#Cc1cccc(NC(=O)N2CCCCC2c2nccs2)c1. The molecule has 1 fully saturated rings. The van der Waals surface area contributed by atoms with Gasteiger partial charge in [-0.05, 0) is 37.5 Å². The summed E-state index contributed by atoms with van der Waals surface area (Å²) < 4.78 is 0. The number of anilines is 1. The van der Waals surface area contributed by atoms with Crippen molar-refractivity contribution in [1.29, 1.82) is 5.26 Å². The number of nitrogens with zero attached hydrogens (tertiary/aromatic N) is 3. The van der Waals surface area contributed by atoms with Gasteiger partial charge in [-0.3, -0.25) is 0 Å². The van der Waals surface area contributed by atoms with Crippen molar-refractivity contribution in [2.24, 2.45) is 0 Å². The van der Waals surface area contributed by atoms with E-state index >= 15 is 0 Å². The summed E-state index contributed by atoms with van der Waals surface area (Å²) in [6, 6.07) is 8.95. The quantitative estimate of drug-likeness (QED) is 0.917. The normalized spacial score (nSPS) is 17.8. The average molecular weight is 312 g/mol. The molecular weight excluding hydrogens is 296 g/mol. The van der Waals surface area contributed by atoms with Crippen LogP contribution in [0.4, 0.5) is 10.5 Å². The van der Waals surface area contributed by atoms with E-state index in [4.69, 9.17) is 5.26 Å². The number of likely N-dealkylation sites (tertiary alicyclic amines) is 1. The standard InChI is InChI=1S/C16H16N4OS/c17-11-12-4-3-5-13(10-12)19-16(21)20-8-2-1-6-14(20)15-18-7-9-22-15/h3-5,7,9-10,14H,1-2,6,8H2,(H,19,21). The summed E-state index contributed by atoms with van der Waals surface area (Å²) >= 11 is 1.59. The maximum Gasteiger partial charge on any atom is 0.322 e. The van der Waals surface area contributed by atoms with Crippen LogP contribution in [0.15, 0.2) is 35.8 Å². The molecule has 1 aliphatic heterocycles. The van der Waals surface area contributed by atoms with Crippen molar-refractivity contribution >= 4 is 23.1 Å². The predicted molar refractivity (Wildman–Crippen MR) is 85.6 cm³/mol. The van der Waals surface area contributed by atoms with Crippen LogP contribution in [0.3, 0.4) is 0 Å². The largest absolute Gasteiger partial charge is 0.322 e. The van der Waals surface area contributed by atoms with Crippen LogP contribution in [0, 0.1) is 11.3 Å². The zero-order valence-corrected chi connectivity index (χ0v) is 12.8. The topological polar surface area (TPSA) is 69.0 Å². The molecule has 2 aromatic rings. The first-order chi connectivity index (χ1) is 10.8. The molecule has 1 aromatic carbocycles. The highest BCUT2D eigenvalue weighted by Gasteiger charge is 2.29. The minimum absolute atomic E-state index is 0.0490. The lowest BCUT2D eigenvalue weighted by molar-refractivity contribution is 0.163. The van der Waals surface area contributed by atoms with Gasteiger partial charge in [-0.25, -0.2) is 9.78 Å². The van der Waals surface area contributed by atoms with Crippen LogP contribution in [0.25, 0.3) is 0 Å². The van der Waals surface area contributed by atoms with Gasteiger partial charge in [0.05, 0.1) is 17.7 Å². The fraction of sp³-hybridized carbons (Fsp3) is 0.312. The third kappa shape index (κ3) is 3.10. The van der Waals surface area contributed by atoms with Crippen LogP contribution in [0.1, 0.15) is 35.9 Å². The van der Waals surface area contributed by atoms with E-state index in [1.54, 1.807) is 41.8 Å². The van der Waals surface area contributed by atoms with Gasteiger partial charge >= 0.3 is 6.03 Å². The number of carbonyl (C=O) groups is 1. The molecule has 6 heteroatoms. The highest BCUT2D eigenvalue weighted by molar-refractivity contribution is 7.09. The fourth-order valence-electron chi connectivity index (χ4n) is 2.69. The molecule has 1 saturated heterocycles. The molecule has 2 heterocycles. The van der Waals surface area contributed by atoms with Gasteiger partial charge in [0.25, 0.3) is 0 Å². The number of aromatic nitrogens is 1. The summed E-state index contributed by atoms with van der Waals surface area (Å²) in [7, 11) is 0. The monoisotopic (exact) mass is 312 g/mol. The number of hydrogen-bond acceptors (Lipinski definition) is 4. The molecule has 3 rings (SSSR count). The highest BCUT2D eigenvalue weighted by Crippen LogP contribution is 2.32. The average Bonchev–Trinajstić information content (AvgIpc) is 3.09. The van der Waals surface area contributed by atoms with E-state index in [0.29, 0.717) is 11.3 Å². The third-order valence-corrected chi connectivity index (χ3v) is 4.62. The molecule has 0 spiro atoms. The Bertz CT molecular complexity index is 692. The molecule has 0 aliphatic carbocycles. The van der Waals surface area contributed by atoms with Crippen LogP contribution in [0.2, 0.25) is 0 Å². The van der Waals surface area contributed by atoms with E-state index in [0.717, 1.165) is 30.8 Å². The van der Waals surface area contributed by atoms with Crippen LogP contribution < -0.4 is 5.32 Å². The number of amides is 2. The Balaban J connectivity index is 1.76. The van der Waals surface area contributed by atoms with E-state index in [2.05, 4.69) is 16.4 Å². The number of nitriles is 1. The van der Waals surface area contributed by atoms with Crippen molar-refractivity contribution in [3.63, 3.8) is 0 Å². The summed E-state index contributed by atoms with van der Waals surface area (Å²) in [6.45, 7) is 0.730. The van der Waals surface area contributed by atoms with E-state index in [-0.39, 0.29) is 12.1 Å². The smallest absolute Gasteiger partial charge is 0.315 e.